The second-order valence-electron chi connectivity index (χ2n) is 5.20. The van der Waals surface area contributed by atoms with Crippen molar-refractivity contribution in [1.82, 2.24) is 5.32 Å². The van der Waals surface area contributed by atoms with Crippen molar-refractivity contribution in [3.63, 3.8) is 0 Å². The molecule has 0 saturated heterocycles. The molecule has 0 aliphatic heterocycles. The maximum atomic E-state index is 12.1. The molecule has 0 spiro atoms. The van der Waals surface area contributed by atoms with Gasteiger partial charge in [-0.3, -0.25) is 19.7 Å². The Morgan fingerprint density at radius 1 is 1.19 bits per heavy atom. The number of nitro groups is 1. The zero-order valence-electron chi connectivity index (χ0n) is 13.8. The summed E-state index contributed by atoms with van der Waals surface area (Å²) in [5, 5.41) is 16.3. The van der Waals surface area contributed by atoms with E-state index >= 15 is 0 Å². The van der Waals surface area contributed by atoms with Gasteiger partial charge >= 0.3 is 5.69 Å². The van der Waals surface area contributed by atoms with Crippen LogP contribution in [0.1, 0.15) is 16.8 Å². The molecule has 0 aliphatic carbocycles. The minimum atomic E-state index is -0.624. The fourth-order valence-electron chi connectivity index (χ4n) is 2.12. The first-order valence-electron chi connectivity index (χ1n) is 7.56. The van der Waals surface area contributed by atoms with Crippen LogP contribution >= 0.6 is 15.9 Å². The standard InChI is InChI=1S/C17H16BrN3O5/c1-26-15-7-2-11(10-14(15)21(24)25)17(23)19-9-8-16(22)20-13-5-3-12(18)4-6-13/h2-7,10H,8-9H2,1H3,(H,19,23)(H,20,22). The first kappa shape index (κ1) is 19.4. The first-order chi connectivity index (χ1) is 12.4. The lowest BCUT2D eigenvalue weighted by atomic mass is 10.1. The van der Waals surface area contributed by atoms with Crippen molar-refractivity contribution in [2.45, 2.75) is 6.42 Å². The van der Waals surface area contributed by atoms with Gasteiger partial charge in [-0.1, -0.05) is 15.9 Å². The Labute approximate surface area is 157 Å². The van der Waals surface area contributed by atoms with Crippen LogP contribution in [0.2, 0.25) is 0 Å². The van der Waals surface area contributed by atoms with Crippen LogP contribution in [0.25, 0.3) is 0 Å². The van der Waals surface area contributed by atoms with E-state index < -0.39 is 10.8 Å². The Kier molecular flexibility index (Phi) is 6.67. The van der Waals surface area contributed by atoms with Crippen LogP contribution in [0.5, 0.6) is 5.75 Å². The molecule has 0 atom stereocenters. The zero-order valence-corrected chi connectivity index (χ0v) is 15.4. The molecule has 0 fully saturated rings. The molecule has 2 aromatic carbocycles. The molecule has 0 bridgehead atoms. The van der Waals surface area contributed by atoms with Gasteiger partial charge < -0.3 is 15.4 Å². The molecule has 2 aromatic rings. The van der Waals surface area contributed by atoms with Crippen LogP contribution in [-0.2, 0) is 4.79 Å². The molecule has 0 radical (unpaired) electrons. The largest absolute Gasteiger partial charge is 0.490 e. The van der Waals surface area contributed by atoms with Gasteiger partial charge in [-0.15, -0.1) is 0 Å². The van der Waals surface area contributed by atoms with E-state index in [0.717, 1.165) is 10.5 Å². The van der Waals surface area contributed by atoms with Crippen LogP contribution in [0, 0.1) is 10.1 Å². The van der Waals surface area contributed by atoms with E-state index in [1.165, 1.54) is 19.2 Å². The van der Waals surface area contributed by atoms with Crippen LogP contribution in [0.15, 0.2) is 46.9 Å². The van der Waals surface area contributed by atoms with E-state index in [1.807, 2.05) is 0 Å². The van der Waals surface area contributed by atoms with Gasteiger partial charge in [-0.05, 0) is 36.4 Å². The normalized spacial score (nSPS) is 10.1. The Morgan fingerprint density at radius 2 is 1.88 bits per heavy atom. The van der Waals surface area contributed by atoms with Crippen molar-refractivity contribution in [3.05, 3.63) is 62.6 Å². The molecule has 26 heavy (non-hydrogen) atoms. The second-order valence-corrected chi connectivity index (χ2v) is 6.12. The Morgan fingerprint density at radius 3 is 2.50 bits per heavy atom. The summed E-state index contributed by atoms with van der Waals surface area (Å²) in [7, 11) is 1.31. The van der Waals surface area contributed by atoms with Crippen LogP contribution in [0.4, 0.5) is 11.4 Å². The predicted octanol–water partition coefficient (Wildman–Crippen LogP) is 3.12. The van der Waals surface area contributed by atoms with Crippen LogP contribution in [-0.4, -0.2) is 30.4 Å². The molecule has 136 valence electrons. The number of nitrogens with zero attached hydrogens (tertiary/aromatic N) is 1. The maximum Gasteiger partial charge on any atom is 0.311 e. The van der Waals surface area contributed by atoms with Crippen molar-refractivity contribution in [2.24, 2.45) is 0 Å². The number of nitrogens with one attached hydrogen (secondary N) is 2. The Bertz CT molecular complexity index is 824. The number of benzene rings is 2. The molecule has 9 heteroatoms. The molecule has 8 nitrogen and oxygen atoms in total. The van der Waals surface area contributed by atoms with Crippen molar-refractivity contribution in [1.29, 1.82) is 0 Å². The number of amides is 2. The second kappa shape index (κ2) is 8.95. The minimum absolute atomic E-state index is 0.0695. The van der Waals surface area contributed by atoms with E-state index in [9.17, 15) is 19.7 Å². The van der Waals surface area contributed by atoms with Gasteiger partial charge in [-0.25, -0.2) is 0 Å². The lowest BCUT2D eigenvalue weighted by molar-refractivity contribution is -0.385. The average molecular weight is 422 g/mol. The highest BCUT2D eigenvalue weighted by Crippen LogP contribution is 2.27. The number of ether oxygens (including phenoxy) is 1. The van der Waals surface area contributed by atoms with Gasteiger partial charge in [0.2, 0.25) is 5.91 Å². The zero-order chi connectivity index (χ0) is 19.1. The summed E-state index contributed by atoms with van der Waals surface area (Å²) >= 11 is 3.30. The molecule has 0 heterocycles. The van der Waals surface area contributed by atoms with E-state index in [-0.39, 0.29) is 35.9 Å². The van der Waals surface area contributed by atoms with Crippen LogP contribution in [0.3, 0.4) is 0 Å². The van der Waals surface area contributed by atoms with E-state index in [0.29, 0.717) is 5.69 Å². The third-order valence-corrected chi connectivity index (χ3v) is 3.93. The van der Waals surface area contributed by atoms with Gasteiger partial charge in [0.1, 0.15) is 0 Å². The number of halogens is 1. The minimum Gasteiger partial charge on any atom is -0.490 e. The van der Waals surface area contributed by atoms with Gasteiger partial charge in [0.15, 0.2) is 5.75 Å². The number of hydrogen-bond acceptors (Lipinski definition) is 5. The number of carbonyl (C=O) groups excluding carboxylic acids is 2. The van der Waals surface area contributed by atoms with Gasteiger partial charge in [0.25, 0.3) is 5.91 Å². The highest BCUT2D eigenvalue weighted by Gasteiger charge is 2.18. The molecule has 2 amide bonds. The summed E-state index contributed by atoms with van der Waals surface area (Å²) in [6.45, 7) is 0.0982. The maximum absolute atomic E-state index is 12.1. The number of nitro benzene ring substituents is 1. The van der Waals surface area contributed by atoms with E-state index in [2.05, 4.69) is 26.6 Å². The van der Waals surface area contributed by atoms with E-state index in [4.69, 9.17) is 4.74 Å². The number of rotatable bonds is 7. The monoisotopic (exact) mass is 421 g/mol. The van der Waals surface area contributed by atoms with Crippen molar-refractivity contribution >= 4 is 39.1 Å². The SMILES string of the molecule is COc1ccc(C(=O)NCCC(=O)Nc2ccc(Br)cc2)cc1[N+](=O)[O-]. The third kappa shape index (κ3) is 5.28. The number of anilines is 1. The average Bonchev–Trinajstić information content (AvgIpc) is 2.62. The summed E-state index contributed by atoms with van der Waals surface area (Å²) in [5.74, 6) is -0.694. The summed E-state index contributed by atoms with van der Waals surface area (Å²) in [4.78, 5) is 34.3. The molecule has 0 aliphatic rings. The fourth-order valence-corrected chi connectivity index (χ4v) is 2.39. The van der Waals surface area contributed by atoms with Gasteiger partial charge in [-0.2, -0.15) is 0 Å². The summed E-state index contributed by atoms with van der Waals surface area (Å²) in [5.41, 5.74) is 0.467. The summed E-state index contributed by atoms with van der Waals surface area (Å²) in [6.07, 6.45) is 0.0695. The van der Waals surface area contributed by atoms with Crippen molar-refractivity contribution in [2.75, 3.05) is 19.0 Å². The topological polar surface area (TPSA) is 111 Å². The molecule has 2 rings (SSSR count). The lowest BCUT2D eigenvalue weighted by Crippen LogP contribution is -2.27. The highest BCUT2D eigenvalue weighted by atomic mass is 79.9. The fraction of sp³-hybridized carbons (Fsp3) is 0.176. The quantitative estimate of drug-likeness (QED) is 0.526. The molecule has 0 saturated carbocycles. The summed E-state index contributed by atoms with van der Waals surface area (Å²) < 4.78 is 5.79. The summed E-state index contributed by atoms with van der Waals surface area (Å²) in [6, 6.07) is 11.0. The van der Waals surface area contributed by atoms with Crippen molar-refractivity contribution in [3.8, 4) is 5.75 Å². The van der Waals surface area contributed by atoms with Gasteiger partial charge in [0, 0.05) is 34.8 Å². The van der Waals surface area contributed by atoms with Gasteiger partial charge in [0.05, 0.1) is 12.0 Å². The smallest absolute Gasteiger partial charge is 0.311 e. The Hall–Kier alpha value is -2.94. The number of methoxy groups -OCH3 is 1. The molecule has 2 N–H and O–H groups in total. The number of hydrogen-bond donors (Lipinski definition) is 2. The van der Waals surface area contributed by atoms with Crippen molar-refractivity contribution < 1.29 is 19.2 Å². The lowest BCUT2D eigenvalue weighted by Gasteiger charge is -2.08. The van der Waals surface area contributed by atoms with Crippen LogP contribution < -0.4 is 15.4 Å². The molecule has 0 aromatic heterocycles. The Balaban J connectivity index is 1.88. The van der Waals surface area contributed by atoms with E-state index in [1.54, 1.807) is 24.3 Å². The predicted molar refractivity (Wildman–Crippen MR) is 99.4 cm³/mol. The first-order valence-corrected chi connectivity index (χ1v) is 8.36. The highest BCUT2D eigenvalue weighted by molar-refractivity contribution is 9.10. The molecular formula is C17H16BrN3O5. The molecular weight excluding hydrogens is 406 g/mol. The number of carbonyl (C=O) groups is 2. The third-order valence-electron chi connectivity index (χ3n) is 3.40. The molecule has 0 unspecified atom stereocenters.